The molecule has 1 saturated heterocycles. The maximum atomic E-state index is 12.7. The molecule has 0 radical (unpaired) electrons. The van der Waals surface area contributed by atoms with Crippen molar-refractivity contribution in [2.24, 2.45) is 5.92 Å². The molecule has 8 nitrogen and oxygen atoms in total. The zero-order valence-electron chi connectivity index (χ0n) is 15.5. The van der Waals surface area contributed by atoms with Gasteiger partial charge in [0.25, 0.3) is 11.8 Å². The van der Waals surface area contributed by atoms with Crippen LogP contribution in [0.25, 0.3) is 0 Å². The lowest BCUT2D eigenvalue weighted by molar-refractivity contribution is -0.130. The van der Waals surface area contributed by atoms with Gasteiger partial charge in [-0.05, 0) is 18.9 Å². The summed E-state index contributed by atoms with van der Waals surface area (Å²) < 4.78 is 0. The number of fused-ring (bicyclic) bond motifs is 1. The summed E-state index contributed by atoms with van der Waals surface area (Å²) in [5, 5.41) is 16.2. The molecular weight excluding hydrogens is 344 g/mol. The van der Waals surface area contributed by atoms with Crippen molar-refractivity contribution in [3.8, 4) is 6.07 Å². The van der Waals surface area contributed by atoms with E-state index >= 15 is 0 Å². The molecule has 1 saturated carbocycles. The number of nitrogens with one attached hydrogen (secondary N) is 1. The van der Waals surface area contributed by atoms with E-state index in [1.54, 1.807) is 22.1 Å². The second-order valence-electron chi connectivity index (χ2n) is 7.50. The first-order valence-corrected chi connectivity index (χ1v) is 9.57. The van der Waals surface area contributed by atoms with Crippen molar-refractivity contribution in [1.29, 1.82) is 5.26 Å². The number of piperazine rings is 1. The number of hydrogen-bond acceptors (Lipinski definition) is 5. The molecular formula is C19H24N6O2. The summed E-state index contributed by atoms with van der Waals surface area (Å²) in [5.74, 6) is 0.00853. The third-order valence-corrected chi connectivity index (χ3v) is 6.12. The molecule has 3 aliphatic rings. The van der Waals surface area contributed by atoms with E-state index in [2.05, 4.69) is 21.2 Å². The summed E-state index contributed by atoms with van der Waals surface area (Å²) in [6.45, 7) is 2.42. The van der Waals surface area contributed by atoms with Crippen molar-refractivity contribution >= 4 is 11.8 Å². The first-order valence-electron chi connectivity index (χ1n) is 9.57. The normalized spacial score (nSPS) is 26.1. The Labute approximate surface area is 158 Å². The Morgan fingerprint density at radius 3 is 2.67 bits per heavy atom. The molecule has 1 aromatic heterocycles. The van der Waals surface area contributed by atoms with Gasteiger partial charge in [0.2, 0.25) is 0 Å². The van der Waals surface area contributed by atoms with Crippen molar-refractivity contribution in [3.05, 3.63) is 29.2 Å². The second kappa shape index (κ2) is 7.06. The maximum Gasteiger partial charge on any atom is 0.271 e. The van der Waals surface area contributed by atoms with Crippen LogP contribution in [0.3, 0.4) is 0 Å². The molecule has 1 aliphatic carbocycles. The first-order chi connectivity index (χ1) is 13.1. The Balaban J connectivity index is 1.55. The van der Waals surface area contributed by atoms with E-state index < -0.39 is 0 Å². The predicted octanol–water partition coefficient (Wildman–Crippen LogP) is 0.976. The smallest absolute Gasteiger partial charge is 0.271 e. The highest BCUT2D eigenvalue weighted by Gasteiger charge is 2.43. The highest BCUT2D eigenvalue weighted by atomic mass is 16.2. The van der Waals surface area contributed by atoms with Gasteiger partial charge in [-0.25, -0.2) is 0 Å². The van der Waals surface area contributed by atoms with Gasteiger partial charge in [-0.15, -0.1) is 0 Å². The summed E-state index contributed by atoms with van der Waals surface area (Å²) in [6, 6.07) is 4.03. The summed E-state index contributed by atoms with van der Waals surface area (Å²) in [7, 11) is 1.82. The van der Waals surface area contributed by atoms with E-state index in [4.69, 9.17) is 0 Å². The van der Waals surface area contributed by atoms with Crippen LogP contribution in [0, 0.1) is 17.2 Å². The largest absolute Gasteiger partial charge is 0.370 e. The number of nitrogens with zero attached hydrogens (tertiary/aromatic N) is 5. The molecule has 2 amide bonds. The number of aromatic amines is 1. The number of carbonyl (C=O) groups is 2. The van der Waals surface area contributed by atoms with Gasteiger partial charge < -0.3 is 14.7 Å². The fourth-order valence-corrected chi connectivity index (χ4v) is 4.71. The highest BCUT2D eigenvalue weighted by molar-refractivity contribution is 5.99. The van der Waals surface area contributed by atoms with E-state index in [1.165, 1.54) is 0 Å². The van der Waals surface area contributed by atoms with Crippen molar-refractivity contribution in [2.75, 3.05) is 33.2 Å². The predicted molar refractivity (Wildman–Crippen MR) is 97.2 cm³/mol. The van der Waals surface area contributed by atoms with E-state index in [0.29, 0.717) is 31.9 Å². The zero-order valence-corrected chi connectivity index (χ0v) is 15.5. The Morgan fingerprint density at radius 2 is 2.00 bits per heavy atom. The average molecular weight is 368 g/mol. The van der Waals surface area contributed by atoms with Crippen molar-refractivity contribution in [1.82, 2.24) is 24.9 Å². The van der Waals surface area contributed by atoms with Gasteiger partial charge in [-0.2, -0.15) is 10.4 Å². The molecule has 1 aromatic rings. The minimum atomic E-state index is -0.161. The number of rotatable bonds is 2. The van der Waals surface area contributed by atoms with E-state index in [9.17, 15) is 14.9 Å². The molecule has 3 heterocycles. The molecule has 142 valence electrons. The summed E-state index contributed by atoms with van der Waals surface area (Å²) in [5.41, 5.74) is 1.69. The average Bonchev–Trinajstić information content (AvgIpc) is 3.25. The van der Waals surface area contributed by atoms with Crippen molar-refractivity contribution in [3.63, 3.8) is 0 Å². The van der Waals surface area contributed by atoms with Crippen LogP contribution in [-0.4, -0.2) is 76.0 Å². The van der Waals surface area contributed by atoms with Crippen molar-refractivity contribution < 1.29 is 9.59 Å². The summed E-state index contributed by atoms with van der Waals surface area (Å²) >= 11 is 0. The van der Waals surface area contributed by atoms with Gasteiger partial charge in [0.05, 0.1) is 0 Å². The number of likely N-dealkylation sites (N-methyl/N-ethyl adjacent to an activating group) is 1. The Morgan fingerprint density at radius 1 is 1.26 bits per heavy atom. The fraction of sp³-hybridized carbons (Fsp3) is 0.579. The minimum absolute atomic E-state index is 0.0587. The third kappa shape index (κ3) is 2.97. The number of amides is 2. The minimum Gasteiger partial charge on any atom is -0.370 e. The van der Waals surface area contributed by atoms with Crippen LogP contribution in [0.1, 0.15) is 36.2 Å². The Kier molecular flexibility index (Phi) is 4.60. The van der Waals surface area contributed by atoms with Crippen molar-refractivity contribution in [2.45, 2.75) is 31.7 Å². The molecule has 27 heavy (non-hydrogen) atoms. The van der Waals surface area contributed by atoms with Crippen LogP contribution in [0.2, 0.25) is 0 Å². The fourth-order valence-electron chi connectivity index (χ4n) is 4.71. The van der Waals surface area contributed by atoms with Gasteiger partial charge in [0, 0.05) is 57.1 Å². The van der Waals surface area contributed by atoms with Gasteiger partial charge in [0.1, 0.15) is 17.3 Å². The molecule has 2 fully saturated rings. The Bertz CT molecular complexity index is 801. The van der Waals surface area contributed by atoms with Crippen LogP contribution in [0.15, 0.2) is 23.5 Å². The number of carbonyl (C=O) groups excluding carboxylic acids is 2. The zero-order chi connectivity index (χ0) is 19.0. The number of nitriles is 1. The molecule has 2 atom stereocenters. The highest BCUT2D eigenvalue weighted by Crippen LogP contribution is 2.40. The van der Waals surface area contributed by atoms with Crippen LogP contribution in [0.5, 0.6) is 0 Å². The molecule has 0 aromatic carbocycles. The quantitative estimate of drug-likeness (QED) is 0.839. The summed E-state index contributed by atoms with van der Waals surface area (Å²) in [6.07, 6.45) is 5.83. The molecule has 0 spiro atoms. The molecule has 2 unspecified atom stereocenters. The molecule has 2 aliphatic heterocycles. The lowest BCUT2D eigenvalue weighted by atomic mass is 9.77. The molecule has 4 rings (SSSR count). The molecule has 1 N–H and O–H groups in total. The van der Waals surface area contributed by atoms with Gasteiger partial charge in [0.15, 0.2) is 0 Å². The first kappa shape index (κ1) is 17.6. The monoisotopic (exact) mass is 368 g/mol. The number of hydrogen-bond donors (Lipinski definition) is 1. The van der Waals surface area contributed by atoms with Gasteiger partial charge >= 0.3 is 0 Å². The SMILES string of the molecule is CN1C(=O)C(C#N)=C(N2CCN(C(=O)c3ccn[nH]3)CC2)C2CCCCC21. The van der Waals surface area contributed by atoms with Crippen LogP contribution >= 0.6 is 0 Å². The molecule has 8 heteroatoms. The van der Waals surface area contributed by atoms with Crippen LogP contribution in [-0.2, 0) is 4.79 Å². The summed E-state index contributed by atoms with van der Waals surface area (Å²) in [4.78, 5) is 31.0. The lowest BCUT2D eigenvalue weighted by Crippen LogP contribution is -2.55. The van der Waals surface area contributed by atoms with Gasteiger partial charge in [-0.1, -0.05) is 12.8 Å². The third-order valence-electron chi connectivity index (χ3n) is 6.12. The number of H-pyrrole nitrogens is 1. The van der Waals surface area contributed by atoms with E-state index in [1.807, 2.05) is 7.05 Å². The lowest BCUT2D eigenvalue weighted by Gasteiger charge is -2.48. The molecule has 0 bridgehead atoms. The number of aromatic nitrogens is 2. The van der Waals surface area contributed by atoms with E-state index in [-0.39, 0.29) is 29.3 Å². The second-order valence-corrected chi connectivity index (χ2v) is 7.50. The Hall–Kier alpha value is -2.82. The van der Waals surface area contributed by atoms with Crippen LogP contribution < -0.4 is 0 Å². The van der Waals surface area contributed by atoms with E-state index in [0.717, 1.165) is 31.4 Å². The standard InChI is InChI=1S/C19H24N6O2/c1-23-16-5-3-2-4-13(16)17(14(12-20)18(23)26)24-8-10-25(11-9-24)19(27)15-6-7-21-22-15/h6-7,13,16H,2-5,8-11H2,1H3,(H,21,22). The maximum absolute atomic E-state index is 12.7. The van der Waals surface area contributed by atoms with Gasteiger partial charge in [-0.3, -0.25) is 14.7 Å². The topological polar surface area (TPSA) is 96.3 Å². The van der Waals surface area contributed by atoms with Crippen LogP contribution in [0.4, 0.5) is 0 Å².